The second-order valence-electron chi connectivity index (χ2n) is 9.00. The highest BCUT2D eigenvalue weighted by molar-refractivity contribution is 7.20. The number of methoxy groups -OCH3 is 3. The third-order valence-corrected chi connectivity index (χ3v) is 7.80. The van der Waals surface area contributed by atoms with Crippen molar-refractivity contribution in [3.05, 3.63) is 46.1 Å². The molecular formula is C27H28FNO7S. The molecule has 1 saturated carbocycles. The van der Waals surface area contributed by atoms with Crippen molar-refractivity contribution in [2.75, 3.05) is 34.5 Å². The van der Waals surface area contributed by atoms with Gasteiger partial charge in [0.05, 0.1) is 45.3 Å². The molecular weight excluding hydrogens is 501 g/mol. The predicted molar refractivity (Wildman–Crippen MR) is 135 cm³/mol. The van der Waals surface area contributed by atoms with E-state index in [0.717, 1.165) is 15.6 Å². The molecule has 0 spiro atoms. The van der Waals surface area contributed by atoms with Gasteiger partial charge >= 0.3 is 5.97 Å². The molecule has 2 aromatic carbocycles. The first kappa shape index (κ1) is 25.3. The number of hydrogen-bond acceptors (Lipinski definition) is 9. The molecule has 2 atom stereocenters. The van der Waals surface area contributed by atoms with Crippen molar-refractivity contribution < 1.29 is 37.7 Å². The summed E-state index contributed by atoms with van der Waals surface area (Å²) in [5.41, 5.74) is 1.49. The topological polar surface area (TPSA) is 92.3 Å². The van der Waals surface area contributed by atoms with Gasteiger partial charge in [-0.3, -0.25) is 9.59 Å². The number of rotatable bonds is 11. The standard InChI is InChI=1S/C27H28FNO7S/c1-32-19-11-22-14(9-23(37-22)25(30)16-10-17(16)27(31)34-3)7-20(19)35-5-4-6-36-26-21(33-2)8-15-12-29-13-18(15)24(26)28/h7-9,11,16-17,29H,4-6,10,12-13H2,1-3H3/t16-,17-/m0/s1. The third-order valence-electron chi connectivity index (χ3n) is 6.69. The average Bonchev–Trinajstić information content (AvgIpc) is 3.37. The van der Waals surface area contributed by atoms with Gasteiger partial charge in [-0.15, -0.1) is 11.3 Å². The summed E-state index contributed by atoms with van der Waals surface area (Å²) in [4.78, 5) is 25.1. The Morgan fingerprint density at radius 1 is 0.973 bits per heavy atom. The summed E-state index contributed by atoms with van der Waals surface area (Å²) in [5.74, 6) is 0.146. The number of benzene rings is 2. The molecule has 5 rings (SSSR count). The van der Waals surface area contributed by atoms with Crippen LogP contribution in [-0.2, 0) is 22.6 Å². The van der Waals surface area contributed by atoms with Crippen LogP contribution in [0.1, 0.15) is 33.6 Å². The van der Waals surface area contributed by atoms with Crippen LogP contribution in [0, 0.1) is 17.7 Å². The highest BCUT2D eigenvalue weighted by atomic mass is 32.1. The van der Waals surface area contributed by atoms with Gasteiger partial charge in [-0.25, -0.2) is 4.39 Å². The average molecular weight is 530 g/mol. The fourth-order valence-corrected chi connectivity index (χ4v) is 5.67. The molecule has 0 amide bonds. The Kier molecular flexibility index (Phi) is 7.21. The molecule has 1 aliphatic carbocycles. The smallest absolute Gasteiger partial charge is 0.309 e. The summed E-state index contributed by atoms with van der Waals surface area (Å²) in [7, 11) is 4.38. The van der Waals surface area contributed by atoms with Crippen molar-refractivity contribution in [1.29, 1.82) is 0 Å². The Hall–Kier alpha value is -3.37. The molecule has 196 valence electrons. The highest BCUT2D eigenvalue weighted by Crippen LogP contribution is 2.44. The number of ether oxygens (including phenoxy) is 5. The van der Waals surface area contributed by atoms with Crippen molar-refractivity contribution in [2.45, 2.75) is 25.9 Å². The zero-order valence-corrected chi connectivity index (χ0v) is 21.7. The first-order valence-corrected chi connectivity index (χ1v) is 12.8. The largest absolute Gasteiger partial charge is 0.493 e. The van der Waals surface area contributed by atoms with Crippen molar-refractivity contribution in [3.8, 4) is 23.0 Å². The molecule has 2 aliphatic rings. The number of halogens is 1. The Morgan fingerprint density at radius 2 is 1.76 bits per heavy atom. The third kappa shape index (κ3) is 4.95. The number of Topliss-reactive ketones (excluding diaryl/α,β-unsaturated/α-hetero) is 1. The SMILES string of the molecule is COC(=O)[C@H]1C[C@@H]1C(=O)c1cc2cc(OCCCOc3c(OC)cc4c(c3F)CNC4)c(OC)cc2s1. The van der Waals surface area contributed by atoms with E-state index in [1.165, 1.54) is 25.6 Å². The molecule has 10 heteroatoms. The normalized spacial score (nSPS) is 17.8. The number of fused-ring (bicyclic) bond motifs is 2. The first-order valence-electron chi connectivity index (χ1n) is 12.0. The van der Waals surface area contributed by atoms with E-state index in [-0.39, 0.29) is 41.8 Å². The van der Waals surface area contributed by atoms with Crippen molar-refractivity contribution in [1.82, 2.24) is 5.32 Å². The van der Waals surface area contributed by atoms with Gasteiger partial charge in [0.25, 0.3) is 0 Å². The molecule has 0 radical (unpaired) electrons. The monoisotopic (exact) mass is 529 g/mol. The van der Waals surface area contributed by atoms with Crippen LogP contribution in [0.2, 0.25) is 0 Å². The van der Waals surface area contributed by atoms with Crippen LogP contribution in [0.3, 0.4) is 0 Å². The number of nitrogens with one attached hydrogen (secondary N) is 1. The summed E-state index contributed by atoms with van der Waals surface area (Å²) in [6.07, 6.45) is 1.03. The minimum absolute atomic E-state index is 0.0415. The number of ketones is 1. The maximum Gasteiger partial charge on any atom is 0.309 e. The fourth-order valence-electron chi connectivity index (χ4n) is 4.59. The Morgan fingerprint density at radius 3 is 2.51 bits per heavy atom. The van der Waals surface area contributed by atoms with E-state index >= 15 is 0 Å². The van der Waals surface area contributed by atoms with E-state index in [0.29, 0.717) is 60.2 Å². The lowest BCUT2D eigenvalue weighted by molar-refractivity contribution is -0.142. The molecule has 0 unspecified atom stereocenters. The van der Waals surface area contributed by atoms with Crippen molar-refractivity contribution >= 4 is 33.2 Å². The molecule has 3 aromatic rings. The van der Waals surface area contributed by atoms with Crippen LogP contribution < -0.4 is 24.3 Å². The lowest BCUT2D eigenvalue weighted by Gasteiger charge is -2.15. The summed E-state index contributed by atoms with van der Waals surface area (Å²) in [6.45, 7) is 1.63. The minimum atomic E-state index is -0.390. The zero-order valence-electron chi connectivity index (χ0n) is 20.9. The second-order valence-corrected chi connectivity index (χ2v) is 10.1. The summed E-state index contributed by atoms with van der Waals surface area (Å²) >= 11 is 1.37. The van der Waals surface area contributed by atoms with Gasteiger partial charge in [-0.05, 0) is 35.6 Å². The molecule has 8 nitrogen and oxygen atoms in total. The van der Waals surface area contributed by atoms with Gasteiger partial charge in [0.15, 0.2) is 34.6 Å². The van der Waals surface area contributed by atoms with Gasteiger partial charge in [0.2, 0.25) is 0 Å². The van der Waals surface area contributed by atoms with E-state index in [2.05, 4.69) is 5.32 Å². The zero-order chi connectivity index (χ0) is 26.1. The number of carbonyl (C=O) groups is 2. The summed E-state index contributed by atoms with van der Waals surface area (Å²) < 4.78 is 43.0. The first-order chi connectivity index (χ1) is 17.9. The van der Waals surface area contributed by atoms with E-state index in [1.807, 2.05) is 24.3 Å². The quantitative estimate of drug-likeness (QED) is 0.221. The Labute approximate surface area is 217 Å². The molecule has 0 bridgehead atoms. The maximum absolute atomic E-state index is 14.9. The fraction of sp³-hybridized carbons (Fsp3) is 0.407. The van der Waals surface area contributed by atoms with E-state index in [1.54, 1.807) is 7.11 Å². The Bertz CT molecular complexity index is 1350. The van der Waals surface area contributed by atoms with Crippen LogP contribution in [0.5, 0.6) is 23.0 Å². The lowest BCUT2D eigenvalue weighted by Crippen LogP contribution is -2.09. The summed E-state index contributed by atoms with van der Waals surface area (Å²) in [6, 6.07) is 7.31. The van der Waals surface area contributed by atoms with E-state index in [9.17, 15) is 14.0 Å². The van der Waals surface area contributed by atoms with Crippen LogP contribution in [-0.4, -0.2) is 46.3 Å². The van der Waals surface area contributed by atoms with Gasteiger partial charge in [0.1, 0.15) is 0 Å². The second kappa shape index (κ2) is 10.5. The minimum Gasteiger partial charge on any atom is -0.493 e. The van der Waals surface area contributed by atoms with Gasteiger partial charge in [-0.2, -0.15) is 0 Å². The van der Waals surface area contributed by atoms with Crippen molar-refractivity contribution in [2.24, 2.45) is 11.8 Å². The van der Waals surface area contributed by atoms with Gasteiger partial charge in [-0.1, -0.05) is 0 Å². The van der Waals surface area contributed by atoms with Crippen LogP contribution >= 0.6 is 11.3 Å². The van der Waals surface area contributed by atoms with Crippen LogP contribution in [0.25, 0.3) is 10.1 Å². The maximum atomic E-state index is 14.9. The molecule has 1 aliphatic heterocycles. The van der Waals surface area contributed by atoms with E-state index in [4.69, 9.17) is 23.7 Å². The summed E-state index contributed by atoms with van der Waals surface area (Å²) in [5, 5.41) is 3.99. The Balaban J connectivity index is 1.21. The van der Waals surface area contributed by atoms with Gasteiger partial charge < -0.3 is 29.0 Å². The number of carbonyl (C=O) groups excluding carboxylic acids is 2. The highest BCUT2D eigenvalue weighted by Gasteiger charge is 2.49. The van der Waals surface area contributed by atoms with Crippen LogP contribution in [0.4, 0.5) is 4.39 Å². The van der Waals surface area contributed by atoms with Crippen molar-refractivity contribution in [3.63, 3.8) is 0 Å². The van der Waals surface area contributed by atoms with Gasteiger partial charge in [0, 0.05) is 41.8 Å². The molecule has 1 fully saturated rings. The number of esters is 1. The molecule has 2 heterocycles. The molecule has 1 N–H and O–H groups in total. The molecule has 37 heavy (non-hydrogen) atoms. The number of thiophene rings is 1. The molecule has 0 saturated heterocycles. The predicted octanol–water partition coefficient (Wildman–Crippen LogP) is 4.50. The lowest BCUT2D eigenvalue weighted by atomic mass is 10.1. The van der Waals surface area contributed by atoms with E-state index < -0.39 is 0 Å². The number of hydrogen-bond donors (Lipinski definition) is 1. The molecule has 1 aromatic heterocycles. The van der Waals surface area contributed by atoms with Crippen LogP contribution in [0.15, 0.2) is 24.3 Å².